The highest BCUT2D eigenvalue weighted by atomic mass is 19.4. The summed E-state index contributed by atoms with van der Waals surface area (Å²) in [6.07, 6.45) is -5.20. The Labute approximate surface area is 90.6 Å². The molecule has 17 heavy (non-hydrogen) atoms. The summed E-state index contributed by atoms with van der Waals surface area (Å²) in [5, 5.41) is 8.54. The molecule has 0 atom stereocenters. The molecule has 0 bridgehead atoms. The third kappa shape index (κ3) is 3.26. The van der Waals surface area contributed by atoms with Gasteiger partial charge in [0.05, 0.1) is 11.3 Å². The van der Waals surface area contributed by atoms with E-state index in [1.165, 1.54) is 0 Å². The molecule has 0 aliphatic carbocycles. The van der Waals surface area contributed by atoms with Gasteiger partial charge in [-0.2, -0.15) is 4.39 Å². The van der Waals surface area contributed by atoms with Crippen molar-refractivity contribution < 1.29 is 36.6 Å². The highest BCUT2D eigenvalue weighted by molar-refractivity contribution is 5.89. The van der Waals surface area contributed by atoms with Crippen LogP contribution in [0, 0.1) is 5.95 Å². The molecule has 1 N–H and O–H groups in total. The van der Waals surface area contributed by atoms with E-state index in [2.05, 4.69) is 9.72 Å². The molecule has 4 nitrogen and oxygen atoms in total. The fourth-order valence-electron chi connectivity index (χ4n) is 0.991. The fraction of sp³-hybridized carbons (Fsp3) is 0.250. The van der Waals surface area contributed by atoms with Crippen LogP contribution in [0.4, 0.5) is 22.0 Å². The minimum absolute atomic E-state index is 0.229. The van der Waals surface area contributed by atoms with Crippen LogP contribution >= 0.6 is 0 Å². The summed E-state index contributed by atoms with van der Waals surface area (Å²) in [7, 11) is 0. The second-order valence-electron chi connectivity index (χ2n) is 2.76. The van der Waals surface area contributed by atoms with Crippen molar-refractivity contribution in [3.8, 4) is 5.75 Å². The van der Waals surface area contributed by atoms with E-state index in [0.717, 1.165) is 0 Å². The van der Waals surface area contributed by atoms with Crippen LogP contribution in [-0.4, -0.2) is 22.4 Å². The summed E-state index contributed by atoms with van der Waals surface area (Å²) in [4.78, 5) is 13.3. The van der Waals surface area contributed by atoms with Crippen molar-refractivity contribution >= 4 is 5.97 Å². The van der Waals surface area contributed by atoms with Gasteiger partial charge in [-0.1, -0.05) is 0 Å². The first kappa shape index (κ1) is 13.1. The van der Waals surface area contributed by atoms with Gasteiger partial charge in [-0.05, 0) is 0 Å². The maximum atomic E-state index is 12.9. The molecule has 0 radical (unpaired) electrons. The predicted octanol–water partition coefficient (Wildman–Crippen LogP) is 2.29. The van der Waals surface area contributed by atoms with Crippen LogP contribution in [0.1, 0.15) is 16.1 Å². The molecule has 1 rings (SSSR count). The predicted molar refractivity (Wildman–Crippen MR) is 42.6 cm³/mol. The number of aromatic nitrogens is 1. The maximum Gasteiger partial charge on any atom is 0.573 e. The van der Waals surface area contributed by atoms with Crippen LogP contribution in [0.15, 0.2) is 6.07 Å². The number of nitrogens with zero attached hydrogens (tertiary/aromatic N) is 1. The number of aromatic carboxylic acids is 1. The number of hydrogen-bond acceptors (Lipinski definition) is 3. The Hall–Kier alpha value is -1.93. The van der Waals surface area contributed by atoms with Gasteiger partial charge < -0.3 is 9.84 Å². The van der Waals surface area contributed by atoms with E-state index < -0.39 is 42.0 Å². The van der Waals surface area contributed by atoms with Crippen LogP contribution < -0.4 is 4.74 Å². The molecule has 0 spiro atoms. The quantitative estimate of drug-likeness (QED) is 0.666. The van der Waals surface area contributed by atoms with Crippen molar-refractivity contribution in [2.75, 3.05) is 0 Å². The molecular weight excluding hydrogens is 253 g/mol. The highest BCUT2D eigenvalue weighted by Gasteiger charge is 2.33. The van der Waals surface area contributed by atoms with Crippen molar-refractivity contribution in [3.05, 3.63) is 23.3 Å². The van der Waals surface area contributed by atoms with E-state index in [1.807, 2.05) is 0 Å². The summed E-state index contributed by atoms with van der Waals surface area (Å²) < 4.78 is 63.8. The van der Waals surface area contributed by atoms with E-state index in [9.17, 15) is 26.7 Å². The Balaban J connectivity index is 3.25. The molecule has 0 aliphatic heterocycles. The van der Waals surface area contributed by atoms with Gasteiger partial charge in [0.15, 0.2) is 5.75 Å². The lowest BCUT2D eigenvalue weighted by atomic mass is 10.2. The Morgan fingerprint density at radius 1 is 1.47 bits per heavy atom. The third-order valence-corrected chi connectivity index (χ3v) is 1.61. The van der Waals surface area contributed by atoms with Gasteiger partial charge in [0.25, 0.3) is 5.95 Å². The van der Waals surface area contributed by atoms with Gasteiger partial charge >= 0.3 is 12.3 Å². The minimum Gasteiger partial charge on any atom is -0.478 e. The molecule has 0 saturated carbocycles. The second-order valence-corrected chi connectivity index (χ2v) is 2.76. The van der Waals surface area contributed by atoms with Crippen LogP contribution in [0.3, 0.4) is 0 Å². The van der Waals surface area contributed by atoms with Crippen LogP contribution in [0.5, 0.6) is 5.75 Å². The van der Waals surface area contributed by atoms with Crippen molar-refractivity contribution in [3.63, 3.8) is 0 Å². The first-order valence-corrected chi connectivity index (χ1v) is 3.99. The molecule has 1 heterocycles. The van der Waals surface area contributed by atoms with Crippen molar-refractivity contribution in [1.82, 2.24) is 4.98 Å². The fourth-order valence-corrected chi connectivity index (χ4v) is 0.991. The number of ether oxygens (including phenoxy) is 1. The van der Waals surface area contributed by atoms with E-state index >= 15 is 0 Å². The number of alkyl halides is 4. The number of hydrogen-bond donors (Lipinski definition) is 1. The summed E-state index contributed by atoms with van der Waals surface area (Å²) in [6.45, 7) is -1.43. The van der Waals surface area contributed by atoms with Gasteiger partial charge in [-0.3, -0.25) is 0 Å². The molecule has 0 unspecified atom stereocenters. The van der Waals surface area contributed by atoms with Gasteiger partial charge in [-0.25, -0.2) is 14.2 Å². The number of pyridine rings is 1. The molecular formula is C8H4F5NO3. The highest BCUT2D eigenvalue weighted by Crippen LogP contribution is 2.26. The lowest BCUT2D eigenvalue weighted by Gasteiger charge is -2.10. The average molecular weight is 257 g/mol. The zero-order chi connectivity index (χ0) is 13.2. The van der Waals surface area contributed by atoms with E-state index in [0.29, 0.717) is 0 Å². The van der Waals surface area contributed by atoms with E-state index in [4.69, 9.17) is 5.11 Å². The number of carboxylic acid groups (broad SMARTS) is 1. The molecule has 0 amide bonds. The largest absolute Gasteiger partial charge is 0.573 e. The Morgan fingerprint density at radius 3 is 2.47 bits per heavy atom. The topological polar surface area (TPSA) is 59.4 Å². The Morgan fingerprint density at radius 2 is 2.06 bits per heavy atom. The molecule has 9 heteroatoms. The average Bonchev–Trinajstić information content (AvgIpc) is 2.18. The normalized spacial score (nSPS) is 11.4. The Bertz CT molecular complexity index is 446. The molecule has 1 aromatic heterocycles. The SMILES string of the molecule is O=C(O)c1cc(OC(F)(F)F)c(F)nc1CF. The summed E-state index contributed by atoms with van der Waals surface area (Å²) >= 11 is 0. The van der Waals surface area contributed by atoms with Gasteiger partial charge in [0.1, 0.15) is 6.67 Å². The number of carbonyl (C=O) groups is 1. The maximum absolute atomic E-state index is 12.9. The molecule has 1 aromatic rings. The molecule has 0 saturated heterocycles. The lowest BCUT2D eigenvalue weighted by molar-refractivity contribution is -0.275. The number of carboxylic acids is 1. The molecule has 94 valence electrons. The molecule has 0 fully saturated rings. The van der Waals surface area contributed by atoms with Crippen LogP contribution in [0.25, 0.3) is 0 Å². The van der Waals surface area contributed by atoms with E-state index in [1.54, 1.807) is 0 Å². The molecule has 0 aromatic carbocycles. The van der Waals surface area contributed by atoms with Gasteiger partial charge in [0.2, 0.25) is 0 Å². The van der Waals surface area contributed by atoms with Crippen LogP contribution in [-0.2, 0) is 6.67 Å². The molecule has 0 aliphatic rings. The Kier molecular flexibility index (Phi) is 3.49. The monoisotopic (exact) mass is 257 g/mol. The van der Waals surface area contributed by atoms with Crippen molar-refractivity contribution in [2.45, 2.75) is 13.0 Å². The third-order valence-electron chi connectivity index (χ3n) is 1.61. The van der Waals surface area contributed by atoms with Gasteiger partial charge in [-0.15, -0.1) is 13.2 Å². The van der Waals surface area contributed by atoms with Crippen molar-refractivity contribution in [1.29, 1.82) is 0 Å². The first-order chi connectivity index (χ1) is 7.74. The summed E-state index contributed by atoms with van der Waals surface area (Å²) in [5.74, 6) is -4.90. The zero-order valence-corrected chi connectivity index (χ0v) is 7.89. The zero-order valence-electron chi connectivity index (χ0n) is 7.89. The summed E-state index contributed by atoms with van der Waals surface area (Å²) in [6, 6.07) is 0.229. The smallest absolute Gasteiger partial charge is 0.478 e. The van der Waals surface area contributed by atoms with Gasteiger partial charge in [0, 0.05) is 6.07 Å². The standard InChI is InChI=1S/C8H4F5NO3/c9-2-4-3(7(15)16)1-5(6(10)14-4)17-8(11,12)13/h1H,2H2,(H,15,16). The summed E-state index contributed by atoms with van der Waals surface area (Å²) in [5.41, 5.74) is -1.71. The van der Waals surface area contributed by atoms with Crippen molar-refractivity contribution in [2.24, 2.45) is 0 Å². The minimum atomic E-state index is -5.20. The van der Waals surface area contributed by atoms with E-state index in [-0.39, 0.29) is 6.07 Å². The van der Waals surface area contributed by atoms with Crippen LogP contribution in [0.2, 0.25) is 0 Å². The number of halogens is 5. The first-order valence-electron chi connectivity index (χ1n) is 3.99. The number of rotatable bonds is 3. The lowest BCUT2D eigenvalue weighted by Crippen LogP contribution is -2.19. The second kappa shape index (κ2) is 4.52.